The third-order valence-corrected chi connectivity index (χ3v) is 1.95. The van der Waals surface area contributed by atoms with Crippen molar-refractivity contribution in [3.8, 4) is 0 Å². The average molecular weight is 250 g/mol. The standard InChI is InChI=1S/C10H10ClF2NO2/c11-4-1-5-16-10(15)14-9-3-2-7(12)6-8(9)13/h2-3,6H,1,4-5H2,(H,14,15). The molecule has 0 radical (unpaired) electrons. The largest absolute Gasteiger partial charge is 0.449 e. The van der Waals surface area contributed by atoms with E-state index in [2.05, 4.69) is 10.1 Å². The molecule has 0 atom stereocenters. The topological polar surface area (TPSA) is 38.3 Å². The summed E-state index contributed by atoms with van der Waals surface area (Å²) in [5.41, 5.74) is -0.128. The van der Waals surface area contributed by atoms with E-state index in [4.69, 9.17) is 11.6 Å². The van der Waals surface area contributed by atoms with E-state index in [0.29, 0.717) is 18.4 Å². The number of anilines is 1. The van der Waals surface area contributed by atoms with E-state index in [1.54, 1.807) is 0 Å². The van der Waals surface area contributed by atoms with Gasteiger partial charge in [0.1, 0.15) is 11.6 Å². The molecule has 1 N–H and O–H groups in total. The van der Waals surface area contributed by atoms with Crippen LogP contribution in [0.25, 0.3) is 0 Å². The molecule has 0 aliphatic heterocycles. The summed E-state index contributed by atoms with van der Waals surface area (Å²) in [5, 5.41) is 2.15. The zero-order chi connectivity index (χ0) is 12.0. The van der Waals surface area contributed by atoms with E-state index in [1.165, 1.54) is 0 Å². The van der Waals surface area contributed by atoms with Gasteiger partial charge in [0.15, 0.2) is 0 Å². The number of hydrogen-bond donors (Lipinski definition) is 1. The molecule has 88 valence electrons. The van der Waals surface area contributed by atoms with Crippen molar-refractivity contribution in [2.45, 2.75) is 6.42 Å². The van der Waals surface area contributed by atoms with E-state index in [9.17, 15) is 13.6 Å². The Balaban J connectivity index is 2.49. The predicted molar refractivity (Wildman–Crippen MR) is 56.7 cm³/mol. The van der Waals surface area contributed by atoms with Crippen molar-refractivity contribution >= 4 is 23.4 Å². The molecule has 0 heterocycles. The number of hydrogen-bond acceptors (Lipinski definition) is 2. The maximum atomic E-state index is 13.1. The predicted octanol–water partition coefficient (Wildman–Crippen LogP) is 3.14. The summed E-state index contributed by atoms with van der Waals surface area (Å²) in [7, 11) is 0. The fourth-order valence-corrected chi connectivity index (χ4v) is 1.07. The van der Waals surface area contributed by atoms with Crippen molar-refractivity contribution in [2.75, 3.05) is 17.8 Å². The summed E-state index contributed by atoms with van der Waals surface area (Å²) in [4.78, 5) is 11.1. The number of carbonyl (C=O) groups is 1. The maximum absolute atomic E-state index is 13.1. The lowest BCUT2D eigenvalue weighted by Gasteiger charge is -2.06. The lowest BCUT2D eigenvalue weighted by atomic mass is 10.3. The molecule has 0 saturated carbocycles. The van der Waals surface area contributed by atoms with Gasteiger partial charge < -0.3 is 4.74 Å². The van der Waals surface area contributed by atoms with E-state index in [-0.39, 0.29) is 12.3 Å². The molecule has 0 unspecified atom stereocenters. The van der Waals surface area contributed by atoms with Gasteiger partial charge in [-0.25, -0.2) is 13.6 Å². The minimum absolute atomic E-state index is 0.128. The van der Waals surface area contributed by atoms with Crippen LogP contribution in [0.1, 0.15) is 6.42 Å². The fourth-order valence-electron chi connectivity index (χ4n) is 0.956. The lowest BCUT2D eigenvalue weighted by molar-refractivity contribution is 0.162. The van der Waals surface area contributed by atoms with Crippen LogP contribution < -0.4 is 5.32 Å². The molecular weight excluding hydrogens is 240 g/mol. The molecule has 1 aromatic rings. The maximum Gasteiger partial charge on any atom is 0.411 e. The summed E-state index contributed by atoms with van der Waals surface area (Å²) >= 11 is 5.37. The number of nitrogens with one attached hydrogen (secondary N) is 1. The summed E-state index contributed by atoms with van der Waals surface area (Å²) in [6.07, 6.45) is -0.281. The van der Waals surface area contributed by atoms with E-state index < -0.39 is 17.7 Å². The minimum Gasteiger partial charge on any atom is -0.449 e. The highest BCUT2D eigenvalue weighted by Gasteiger charge is 2.08. The van der Waals surface area contributed by atoms with Gasteiger partial charge in [0.2, 0.25) is 0 Å². The second-order valence-electron chi connectivity index (χ2n) is 2.93. The highest BCUT2D eigenvalue weighted by molar-refractivity contribution is 6.17. The normalized spacial score (nSPS) is 9.94. The first-order valence-electron chi connectivity index (χ1n) is 4.58. The Morgan fingerprint density at radius 2 is 2.19 bits per heavy atom. The van der Waals surface area contributed by atoms with Crippen LogP contribution in [0.2, 0.25) is 0 Å². The van der Waals surface area contributed by atoms with Crippen molar-refractivity contribution in [1.29, 1.82) is 0 Å². The second-order valence-corrected chi connectivity index (χ2v) is 3.31. The van der Waals surface area contributed by atoms with Gasteiger partial charge in [0.05, 0.1) is 12.3 Å². The van der Waals surface area contributed by atoms with Gasteiger partial charge in [0.25, 0.3) is 0 Å². The molecule has 1 amide bonds. The number of carbonyl (C=O) groups excluding carboxylic acids is 1. The highest BCUT2D eigenvalue weighted by Crippen LogP contribution is 2.14. The SMILES string of the molecule is O=C(Nc1ccc(F)cc1F)OCCCCl. The first-order valence-corrected chi connectivity index (χ1v) is 5.11. The van der Waals surface area contributed by atoms with Crippen molar-refractivity contribution in [3.05, 3.63) is 29.8 Å². The lowest BCUT2D eigenvalue weighted by Crippen LogP contribution is -2.15. The molecule has 0 saturated heterocycles. The summed E-state index contributed by atoms with van der Waals surface area (Å²) in [6.45, 7) is 0.151. The van der Waals surface area contributed by atoms with E-state index >= 15 is 0 Å². The Labute approximate surface area is 96.4 Å². The number of alkyl halides is 1. The molecule has 0 bridgehead atoms. The van der Waals surface area contributed by atoms with Crippen LogP contribution in [0.3, 0.4) is 0 Å². The van der Waals surface area contributed by atoms with Crippen molar-refractivity contribution < 1.29 is 18.3 Å². The van der Waals surface area contributed by atoms with Gasteiger partial charge in [-0.3, -0.25) is 5.32 Å². The van der Waals surface area contributed by atoms with Crippen LogP contribution >= 0.6 is 11.6 Å². The molecule has 1 rings (SSSR count). The van der Waals surface area contributed by atoms with Gasteiger partial charge in [-0.1, -0.05) is 0 Å². The smallest absolute Gasteiger partial charge is 0.411 e. The molecular formula is C10H10ClF2NO2. The Bertz CT molecular complexity index is 374. The van der Waals surface area contributed by atoms with Crippen LogP contribution in [0.5, 0.6) is 0 Å². The molecule has 0 aliphatic rings. The molecule has 1 aromatic carbocycles. The molecule has 6 heteroatoms. The van der Waals surface area contributed by atoms with E-state index in [0.717, 1.165) is 12.1 Å². The van der Waals surface area contributed by atoms with Crippen LogP contribution in [-0.4, -0.2) is 18.6 Å². The van der Waals surface area contributed by atoms with E-state index in [1.807, 2.05) is 0 Å². The van der Waals surface area contributed by atoms with Crippen LogP contribution in [0, 0.1) is 11.6 Å². The Hall–Kier alpha value is -1.36. The summed E-state index contributed by atoms with van der Waals surface area (Å²) in [6, 6.07) is 2.83. The molecule has 0 aliphatic carbocycles. The van der Waals surface area contributed by atoms with Crippen LogP contribution in [-0.2, 0) is 4.74 Å². The molecule has 0 spiro atoms. The van der Waals surface area contributed by atoms with Gasteiger partial charge in [-0.05, 0) is 18.6 Å². The summed E-state index contributed by atoms with van der Waals surface area (Å²) in [5.74, 6) is -1.19. The number of ether oxygens (including phenoxy) is 1. The van der Waals surface area contributed by atoms with Crippen molar-refractivity contribution in [3.63, 3.8) is 0 Å². The zero-order valence-electron chi connectivity index (χ0n) is 8.30. The Kier molecular flexibility index (Phi) is 4.98. The van der Waals surface area contributed by atoms with Gasteiger partial charge in [-0.15, -0.1) is 11.6 Å². The molecule has 3 nitrogen and oxygen atoms in total. The first-order chi connectivity index (χ1) is 7.63. The quantitative estimate of drug-likeness (QED) is 0.658. The Morgan fingerprint density at radius 1 is 1.44 bits per heavy atom. The number of benzene rings is 1. The monoisotopic (exact) mass is 249 g/mol. The average Bonchev–Trinajstić information content (AvgIpc) is 2.23. The number of halogens is 3. The third-order valence-electron chi connectivity index (χ3n) is 1.68. The summed E-state index contributed by atoms with van der Waals surface area (Å²) < 4.78 is 30.3. The van der Waals surface area contributed by atoms with Crippen molar-refractivity contribution in [2.24, 2.45) is 0 Å². The van der Waals surface area contributed by atoms with Crippen LogP contribution in [0.4, 0.5) is 19.3 Å². The number of amides is 1. The zero-order valence-corrected chi connectivity index (χ0v) is 9.06. The van der Waals surface area contributed by atoms with Crippen LogP contribution in [0.15, 0.2) is 18.2 Å². The minimum atomic E-state index is -0.853. The first kappa shape index (κ1) is 12.7. The Morgan fingerprint density at radius 3 is 2.81 bits per heavy atom. The molecule has 16 heavy (non-hydrogen) atoms. The third kappa shape index (κ3) is 4.02. The second kappa shape index (κ2) is 6.27. The highest BCUT2D eigenvalue weighted by atomic mass is 35.5. The van der Waals surface area contributed by atoms with Gasteiger partial charge in [0, 0.05) is 11.9 Å². The number of rotatable bonds is 4. The van der Waals surface area contributed by atoms with Gasteiger partial charge in [-0.2, -0.15) is 0 Å². The van der Waals surface area contributed by atoms with Crippen molar-refractivity contribution in [1.82, 2.24) is 0 Å². The van der Waals surface area contributed by atoms with Gasteiger partial charge >= 0.3 is 6.09 Å². The molecule has 0 fully saturated rings. The molecule has 0 aromatic heterocycles. The fraction of sp³-hybridized carbons (Fsp3) is 0.300.